The molecule has 1 fully saturated rings. The SMILES string of the molecule is CC(=O)NCCNC(=O)C1CCCN(c2ncccn2)C1. The minimum Gasteiger partial charge on any atom is -0.355 e. The molecule has 1 aromatic rings. The number of rotatable bonds is 5. The highest BCUT2D eigenvalue weighted by Gasteiger charge is 2.26. The molecule has 2 amide bonds. The van der Waals surface area contributed by atoms with Crippen LogP contribution >= 0.6 is 0 Å². The summed E-state index contributed by atoms with van der Waals surface area (Å²) in [4.78, 5) is 33.4. The van der Waals surface area contributed by atoms with Crippen molar-refractivity contribution < 1.29 is 9.59 Å². The Kier molecular flexibility index (Phi) is 5.48. The van der Waals surface area contributed by atoms with Crippen molar-refractivity contribution in [2.24, 2.45) is 5.92 Å². The van der Waals surface area contributed by atoms with E-state index < -0.39 is 0 Å². The van der Waals surface area contributed by atoms with Gasteiger partial charge in [-0.2, -0.15) is 0 Å². The third-order valence-corrected chi connectivity index (χ3v) is 3.43. The molecule has 1 atom stereocenters. The number of aromatic nitrogens is 2. The molecule has 2 N–H and O–H groups in total. The van der Waals surface area contributed by atoms with Crippen LogP contribution in [0.3, 0.4) is 0 Å². The lowest BCUT2D eigenvalue weighted by Crippen LogP contribution is -2.45. The molecular formula is C14H21N5O2. The number of nitrogens with zero attached hydrogens (tertiary/aromatic N) is 3. The summed E-state index contributed by atoms with van der Waals surface area (Å²) in [5.74, 6) is 0.559. The lowest BCUT2D eigenvalue weighted by molar-refractivity contribution is -0.125. The van der Waals surface area contributed by atoms with E-state index in [4.69, 9.17) is 0 Å². The van der Waals surface area contributed by atoms with Crippen LogP contribution in [0.25, 0.3) is 0 Å². The molecule has 0 aliphatic carbocycles. The van der Waals surface area contributed by atoms with Gasteiger partial charge in [0, 0.05) is 45.5 Å². The summed E-state index contributed by atoms with van der Waals surface area (Å²) >= 11 is 0. The molecule has 0 saturated carbocycles. The van der Waals surface area contributed by atoms with E-state index in [9.17, 15) is 9.59 Å². The molecule has 1 unspecified atom stereocenters. The Bertz CT molecular complexity index is 480. The van der Waals surface area contributed by atoms with Crippen LogP contribution in [-0.2, 0) is 9.59 Å². The van der Waals surface area contributed by atoms with Crippen molar-refractivity contribution in [3.8, 4) is 0 Å². The Morgan fingerprint density at radius 1 is 1.29 bits per heavy atom. The molecule has 0 bridgehead atoms. The van der Waals surface area contributed by atoms with E-state index in [0.29, 0.717) is 25.6 Å². The molecule has 0 aromatic carbocycles. The molecule has 21 heavy (non-hydrogen) atoms. The van der Waals surface area contributed by atoms with Crippen LogP contribution in [-0.4, -0.2) is 48.0 Å². The van der Waals surface area contributed by atoms with Gasteiger partial charge in [0.25, 0.3) is 0 Å². The Morgan fingerprint density at radius 3 is 2.71 bits per heavy atom. The van der Waals surface area contributed by atoms with Gasteiger partial charge < -0.3 is 15.5 Å². The van der Waals surface area contributed by atoms with Gasteiger partial charge in [0.1, 0.15) is 0 Å². The van der Waals surface area contributed by atoms with Crippen molar-refractivity contribution in [2.75, 3.05) is 31.1 Å². The summed E-state index contributed by atoms with van der Waals surface area (Å²) in [5.41, 5.74) is 0. The Hall–Kier alpha value is -2.18. The fourth-order valence-corrected chi connectivity index (χ4v) is 2.40. The van der Waals surface area contributed by atoms with Crippen LogP contribution in [0.1, 0.15) is 19.8 Å². The molecule has 114 valence electrons. The van der Waals surface area contributed by atoms with Crippen molar-refractivity contribution in [1.82, 2.24) is 20.6 Å². The van der Waals surface area contributed by atoms with Crippen molar-refractivity contribution in [2.45, 2.75) is 19.8 Å². The molecular weight excluding hydrogens is 270 g/mol. The number of carbonyl (C=O) groups excluding carboxylic acids is 2. The molecule has 7 nitrogen and oxygen atoms in total. The van der Waals surface area contributed by atoms with Crippen molar-refractivity contribution in [1.29, 1.82) is 0 Å². The zero-order valence-corrected chi connectivity index (χ0v) is 12.2. The first kappa shape index (κ1) is 15.2. The quantitative estimate of drug-likeness (QED) is 0.743. The Balaban J connectivity index is 1.80. The van der Waals surface area contributed by atoms with Gasteiger partial charge >= 0.3 is 0 Å². The van der Waals surface area contributed by atoms with Crippen LogP contribution in [0.5, 0.6) is 0 Å². The second-order valence-electron chi connectivity index (χ2n) is 5.11. The van der Waals surface area contributed by atoms with Crippen LogP contribution < -0.4 is 15.5 Å². The first-order valence-corrected chi connectivity index (χ1v) is 7.21. The maximum Gasteiger partial charge on any atom is 0.225 e. The van der Waals surface area contributed by atoms with E-state index in [2.05, 4.69) is 20.6 Å². The van der Waals surface area contributed by atoms with E-state index in [1.807, 2.05) is 4.90 Å². The number of nitrogens with one attached hydrogen (secondary N) is 2. The normalized spacial score (nSPS) is 18.1. The number of anilines is 1. The second kappa shape index (κ2) is 7.56. The summed E-state index contributed by atoms with van der Waals surface area (Å²) in [7, 11) is 0. The predicted octanol–water partition coefficient (Wildman–Crippen LogP) is -0.0547. The highest BCUT2D eigenvalue weighted by Crippen LogP contribution is 2.19. The lowest BCUT2D eigenvalue weighted by atomic mass is 9.97. The largest absolute Gasteiger partial charge is 0.355 e. The molecule has 1 aromatic heterocycles. The topological polar surface area (TPSA) is 87.2 Å². The van der Waals surface area contributed by atoms with Gasteiger partial charge in [-0.1, -0.05) is 0 Å². The minimum atomic E-state index is -0.0886. The standard InChI is InChI=1S/C14H21N5O2/c1-11(20)15-7-8-16-13(21)12-4-2-9-19(10-12)14-17-5-3-6-18-14/h3,5-6,12H,2,4,7-10H2,1H3,(H,15,20)(H,16,21). The van der Waals surface area contributed by atoms with Gasteiger partial charge in [-0.25, -0.2) is 9.97 Å². The zero-order chi connectivity index (χ0) is 15.1. The molecule has 1 aliphatic heterocycles. The lowest BCUT2D eigenvalue weighted by Gasteiger charge is -2.31. The average molecular weight is 291 g/mol. The van der Waals surface area contributed by atoms with E-state index in [1.54, 1.807) is 18.5 Å². The van der Waals surface area contributed by atoms with Crippen molar-refractivity contribution >= 4 is 17.8 Å². The fourth-order valence-electron chi connectivity index (χ4n) is 2.40. The van der Waals surface area contributed by atoms with Crippen LogP contribution in [0, 0.1) is 5.92 Å². The van der Waals surface area contributed by atoms with E-state index in [-0.39, 0.29) is 17.7 Å². The van der Waals surface area contributed by atoms with E-state index in [1.165, 1.54) is 6.92 Å². The number of hydrogen-bond donors (Lipinski definition) is 2. The average Bonchev–Trinajstić information content (AvgIpc) is 2.52. The smallest absolute Gasteiger partial charge is 0.225 e. The highest BCUT2D eigenvalue weighted by molar-refractivity contribution is 5.79. The summed E-state index contributed by atoms with van der Waals surface area (Å²) in [6.07, 6.45) is 5.23. The van der Waals surface area contributed by atoms with Gasteiger partial charge in [0.15, 0.2) is 0 Å². The Labute approximate surface area is 124 Å². The maximum atomic E-state index is 12.1. The molecule has 7 heteroatoms. The molecule has 0 radical (unpaired) electrons. The van der Waals surface area contributed by atoms with Gasteiger partial charge in [-0.05, 0) is 18.9 Å². The van der Waals surface area contributed by atoms with E-state index >= 15 is 0 Å². The zero-order valence-electron chi connectivity index (χ0n) is 12.2. The monoisotopic (exact) mass is 291 g/mol. The van der Waals surface area contributed by atoms with Gasteiger partial charge in [-0.3, -0.25) is 9.59 Å². The number of amides is 2. The van der Waals surface area contributed by atoms with Crippen molar-refractivity contribution in [3.05, 3.63) is 18.5 Å². The summed E-state index contributed by atoms with van der Waals surface area (Å²) in [6, 6.07) is 1.78. The van der Waals surface area contributed by atoms with Gasteiger partial charge in [0.05, 0.1) is 5.92 Å². The first-order valence-electron chi connectivity index (χ1n) is 7.21. The fraction of sp³-hybridized carbons (Fsp3) is 0.571. The van der Waals surface area contributed by atoms with Gasteiger partial charge in [0.2, 0.25) is 17.8 Å². The van der Waals surface area contributed by atoms with Crippen LogP contribution in [0.15, 0.2) is 18.5 Å². The number of hydrogen-bond acceptors (Lipinski definition) is 5. The van der Waals surface area contributed by atoms with Crippen LogP contribution in [0.2, 0.25) is 0 Å². The van der Waals surface area contributed by atoms with Crippen LogP contribution in [0.4, 0.5) is 5.95 Å². The van der Waals surface area contributed by atoms with E-state index in [0.717, 1.165) is 19.4 Å². The molecule has 1 aliphatic rings. The molecule has 1 saturated heterocycles. The third kappa shape index (κ3) is 4.70. The second-order valence-corrected chi connectivity index (χ2v) is 5.11. The minimum absolute atomic E-state index is 0.0287. The summed E-state index contributed by atoms with van der Waals surface area (Å²) in [6.45, 7) is 3.88. The Morgan fingerprint density at radius 2 is 2.00 bits per heavy atom. The number of piperidine rings is 1. The summed E-state index contributed by atoms with van der Waals surface area (Å²) < 4.78 is 0. The number of carbonyl (C=O) groups is 2. The first-order chi connectivity index (χ1) is 10.2. The van der Waals surface area contributed by atoms with Gasteiger partial charge in [-0.15, -0.1) is 0 Å². The highest BCUT2D eigenvalue weighted by atomic mass is 16.2. The van der Waals surface area contributed by atoms with Crippen molar-refractivity contribution in [3.63, 3.8) is 0 Å². The predicted molar refractivity (Wildman–Crippen MR) is 78.7 cm³/mol. The molecule has 0 spiro atoms. The summed E-state index contributed by atoms with van der Waals surface area (Å²) in [5, 5.41) is 5.51. The molecule has 2 rings (SSSR count). The molecule has 2 heterocycles. The maximum absolute atomic E-state index is 12.1. The third-order valence-electron chi connectivity index (χ3n) is 3.43.